The number of nitrogens with one attached hydrogen (secondary N) is 2. The minimum absolute atomic E-state index is 0.186. The third-order valence-electron chi connectivity index (χ3n) is 1.73. The molecule has 2 N–H and O–H groups in total. The molecular formula is C10H11ClN2O2S. The number of alkyl halides is 1. The number of carbonyl (C=O) groups excluding carboxylic acids is 2. The lowest BCUT2D eigenvalue weighted by atomic mass is 10.3. The molecule has 6 heteroatoms. The van der Waals surface area contributed by atoms with Crippen LogP contribution in [0.15, 0.2) is 17.5 Å². The zero-order valence-corrected chi connectivity index (χ0v) is 10.2. The van der Waals surface area contributed by atoms with E-state index in [-0.39, 0.29) is 5.88 Å². The van der Waals surface area contributed by atoms with Crippen LogP contribution in [-0.4, -0.2) is 17.7 Å². The van der Waals surface area contributed by atoms with E-state index in [1.54, 1.807) is 17.4 Å². The molecule has 0 fully saturated rings. The lowest BCUT2D eigenvalue weighted by Gasteiger charge is -2.01. The average molecular weight is 259 g/mol. The predicted molar refractivity (Wildman–Crippen MR) is 65.1 cm³/mol. The third-order valence-corrected chi connectivity index (χ3v) is 2.96. The number of halogens is 1. The molecule has 1 aromatic rings. The van der Waals surface area contributed by atoms with Crippen LogP contribution >= 0.6 is 22.9 Å². The number of thiophene rings is 1. The molecule has 1 aromatic heterocycles. The van der Waals surface area contributed by atoms with Crippen LogP contribution in [0.2, 0.25) is 0 Å². The number of carbonyl (C=O) groups is 2. The molecule has 0 bridgehead atoms. The molecule has 1 heterocycles. The Labute approximate surface area is 102 Å². The average Bonchev–Trinajstić information content (AvgIpc) is 2.69. The summed E-state index contributed by atoms with van der Waals surface area (Å²) >= 11 is 6.78. The summed E-state index contributed by atoms with van der Waals surface area (Å²) in [5, 5.41) is 1.95. The molecule has 0 atom stereocenters. The second-order valence-corrected chi connectivity index (χ2v) is 4.19. The van der Waals surface area contributed by atoms with Crippen LogP contribution < -0.4 is 10.9 Å². The van der Waals surface area contributed by atoms with Gasteiger partial charge in [0.25, 0.3) is 11.8 Å². The van der Waals surface area contributed by atoms with Gasteiger partial charge in [0.2, 0.25) is 0 Å². The number of aryl methyl sites for hydroxylation is 1. The minimum atomic E-state index is -0.448. The zero-order chi connectivity index (χ0) is 12.0. The summed E-state index contributed by atoms with van der Waals surface area (Å²) in [5.41, 5.74) is 5.48. The highest BCUT2D eigenvalue weighted by molar-refractivity contribution is 7.11. The minimum Gasteiger partial charge on any atom is -0.272 e. The van der Waals surface area contributed by atoms with Gasteiger partial charge < -0.3 is 0 Å². The normalized spacial score (nSPS) is 10.4. The maximum atomic E-state index is 11.2. The van der Waals surface area contributed by atoms with Crippen molar-refractivity contribution in [2.75, 3.05) is 5.88 Å². The van der Waals surface area contributed by atoms with Gasteiger partial charge in [-0.25, -0.2) is 0 Å². The Morgan fingerprint density at radius 2 is 2.25 bits per heavy atom. The van der Waals surface area contributed by atoms with Gasteiger partial charge in [-0.2, -0.15) is 0 Å². The SMILES string of the molecule is Cc1ccsc1C=CC(=O)NNC(=O)CCl. The van der Waals surface area contributed by atoms with Gasteiger partial charge in [-0.05, 0) is 30.0 Å². The van der Waals surface area contributed by atoms with Gasteiger partial charge >= 0.3 is 0 Å². The van der Waals surface area contributed by atoms with Crippen molar-refractivity contribution >= 4 is 40.8 Å². The molecule has 0 aromatic carbocycles. The van der Waals surface area contributed by atoms with Crippen molar-refractivity contribution in [3.8, 4) is 0 Å². The lowest BCUT2D eigenvalue weighted by Crippen LogP contribution is -2.41. The van der Waals surface area contributed by atoms with Gasteiger partial charge in [-0.1, -0.05) is 0 Å². The van der Waals surface area contributed by atoms with Crippen LogP contribution in [0, 0.1) is 6.92 Å². The summed E-state index contributed by atoms with van der Waals surface area (Å²) in [6, 6.07) is 1.97. The Hall–Kier alpha value is -1.33. The number of hydrogen-bond donors (Lipinski definition) is 2. The summed E-state index contributed by atoms with van der Waals surface area (Å²) in [6.07, 6.45) is 3.05. The molecule has 0 saturated heterocycles. The van der Waals surface area contributed by atoms with Crippen molar-refractivity contribution in [3.63, 3.8) is 0 Å². The lowest BCUT2D eigenvalue weighted by molar-refractivity contribution is -0.125. The molecule has 0 unspecified atom stereocenters. The Kier molecular flexibility index (Phi) is 5.01. The Bertz CT molecular complexity index is 415. The van der Waals surface area contributed by atoms with Crippen LogP contribution in [-0.2, 0) is 9.59 Å². The van der Waals surface area contributed by atoms with E-state index in [9.17, 15) is 9.59 Å². The first-order valence-corrected chi connectivity index (χ1v) is 5.92. The molecule has 16 heavy (non-hydrogen) atoms. The van der Waals surface area contributed by atoms with Crippen LogP contribution in [0.4, 0.5) is 0 Å². The maximum absolute atomic E-state index is 11.2. The largest absolute Gasteiger partial charge is 0.272 e. The summed E-state index contributed by atoms with van der Waals surface area (Å²) in [4.78, 5) is 23.0. The van der Waals surface area contributed by atoms with Gasteiger partial charge in [0.05, 0.1) is 0 Å². The molecule has 1 rings (SSSR count). The standard InChI is InChI=1S/C10H11ClN2O2S/c1-7-4-5-16-8(7)2-3-9(14)12-13-10(15)6-11/h2-5H,6H2,1H3,(H,12,14)(H,13,15). The van der Waals surface area contributed by atoms with E-state index >= 15 is 0 Å². The van der Waals surface area contributed by atoms with E-state index in [0.29, 0.717) is 0 Å². The van der Waals surface area contributed by atoms with Crippen molar-refractivity contribution in [1.82, 2.24) is 10.9 Å². The molecule has 86 valence electrons. The molecular weight excluding hydrogens is 248 g/mol. The summed E-state index contributed by atoms with van der Waals surface area (Å²) in [5.74, 6) is -1.03. The predicted octanol–water partition coefficient (Wildman–Crippen LogP) is 1.46. The van der Waals surface area contributed by atoms with Gasteiger partial charge in [-0.3, -0.25) is 20.4 Å². The first kappa shape index (κ1) is 12.7. The molecule has 4 nitrogen and oxygen atoms in total. The van der Waals surface area contributed by atoms with Crippen LogP contribution in [0.3, 0.4) is 0 Å². The topological polar surface area (TPSA) is 58.2 Å². The zero-order valence-electron chi connectivity index (χ0n) is 8.62. The van der Waals surface area contributed by atoms with E-state index < -0.39 is 11.8 Å². The summed E-state index contributed by atoms with van der Waals surface area (Å²) in [7, 11) is 0. The van der Waals surface area contributed by atoms with Crippen LogP contribution in [0.1, 0.15) is 10.4 Å². The molecule has 0 radical (unpaired) electrons. The second-order valence-electron chi connectivity index (χ2n) is 2.97. The van der Waals surface area contributed by atoms with E-state index in [2.05, 4.69) is 10.9 Å². The Morgan fingerprint density at radius 3 is 2.81 bits per heavy atom. The first-order valence-electron chi connectivity index (χ1n) is 4.50. The van der Waals surface area contributed by atoms with Crippen molar-refractivity contribution < 1.29 is 9.59 Å². The number of rotatable bonds is 3. The van der Waals surface area contributed by atoms with E-state index in [4.69, 9.17) is 11.6 Å². The highest BCUT2D eigenvalue weighted by atomic mass is 35.5. The fraction of sp³-hybridized carbons (Fsp3) is 0.200. The molecule has 0 aliphatic heterocycles. The number of hydrogen-bond acceptors (Lipinski definition) is 3. The smallest absolute Gasteiger partial charge is 0.262 e. The fourth-order valence-electron chi connectivity index (χ4n) is 0.913. The maximum Gasteiger partial charge on any atom is 0.262 e. The summed E-state index contributed by atoms with van der Waals surface area (Å²) in [6.45, 7) is 1.96. The van der Waals surface area contributed by atoms with Crippen LogP contribution in [0.5, 0.6) is 0 Å². The number of amides is 2. The van der Waals surface area contributed by atoms with Gasteiger partial charge in [0.15, 0.2) is 0 Å². The van der Waals surface area contributed by atoms with Crippen molar-refractivity contribution in [2.45, 2.75) is 6.92 Å². The monoisotopic (exact) mass is 258 g/mol. The Morgan fingerprint density at radius 1 is 1.50 bits per heavy atom. The second kappa shape index (κ2) is 6.30. The van der Waals surface area contributed by atoms with Gasteiger partial charge in [0.1, 0.15) is 5.88 Å². The third kappa shape index (κ3) is 4.04. The molecule has 0 aliphatic carbocycles. The fourth-order valence-corrected chi connectivity index (χ4v) is 1.80. The van der Waals surface area contributed by atoms with Crippen molar-refractivity contribution in [1.29, 1.82) is 0 Å². The molecule has 0 aliphatic rings. The van der Waals surface area contributed by atoms with Crippen molar-refractivity contribution in [2.24, 2.45) is 0 Å². The van der Waals surface area contributed by atoms with Crippen LogP contribution in [0.25, 0.3) is 6.08 Å². The molecule has 2 amide bonds. The van der Waals surface area contributed by atoms with E-state index in [1.165, 1.54) is 6.08 Å². The van der Waals surface area contributed by atoms with Gasteiger partial charge in [-0.15, -0.1) is 22.9 Å². The first-order chi connectivity index (χ1) is 7.63. The van der Waals surface area contributed by atoms with E-state index in [1.807, 2.05) is 18.4 Å². The highest BCUT2D eigenvalue weighted by Gasteiger charge is 2.00. The summed E-state index contributed by atoms with van der Waals surface area (Å²) < 4.78 is 0. The molecule has 0 saturated carbocycles. The van der Waals surface area contributed by atoms with Crippen molar-refractivity contribution in [3.05, 3.63) is 28.0 Å². The quantitative estimate of drug-likeness (QED) is 0.490. The van der Waals surface area contributed by atoms with Gasteiger partial charge in [0, 0.05) is 11.0 Å². The Balaban J connectivity index is 2.43. The highest BCUT2D eigenvalue weighted by Crippen LogP contribution is 2.16. The molecule has 0 spiro atoms. The number of hydrazine groups is 1. The van der Waals surface area contributed by atoms with E-state index in [0.717, 1.165) is 10.4 Å².